The molecule has 1 aromatic rings. The molecule has 1 unspecified atom stereocenters. The Bertz CT molecular complexity index is 876. The normalized spacial score (nSPS) is 18.4. The Hall–Kier alpha value is -3.17. The van der Waals surface area contributed by atoms with Gasteiger partial charge in [0.05, 0.1) is 25.0 Å². The Morgan fingerprint density at radius 2 is 1.89 bits per heavy atom. The van der Waals surface area contributed by atoms with Crippen molar-refractivity contribution in [3.05, 3.63) is 34.6 Å². The average molecular weight is 406 g/mol. The van der Waals surface area contributed by atoms with Crippen LogP contribution in [-0.4, -0.2) is 47.3 Å². The summed E-state index contributed by atoms with van der Waals surface area (Å²) >= 11 is 6.03. The molecule has 0 aromatic heterocycles. The van der Waals surface area contributed by atoms with Gasteiger partial charge >= 0.3 is 6.03 Å². The molecule has 0 saturated carbocycles. The summed E-state index contributed by atoms with van der Waals surface area (Å²) in [7, 11) is 0. The number of carbonyl (C=O) groups excluding carboxylic acids is 3. The fourth-order valence-electron chi connectivity index (χ4n) is 2.88. The number of halogens is 2. The molecule has 1 aliphatic heterocycles. The highest BCUT2D eigenvalue weighted by Crippen LogP contribution is 2.33. The van der Waals surface area contributed by atoms with E-state index >= 15 is 0 Å². The predicted molar refractivity (Wildman–Crippen MR) is 96.0 cm³/mol. The Morgan fingerprint density at radius 3 is 2.43 bits per heavy atom. The highest BCUT2D eigenvalue weighted by molar-refractivity contribution is 6.32. The number of urea groups is 1. The summed E-state index contributed by atoms with van der Waals surface area (Å²) in [4.78, 5) is 39.7. The van der Waals surface area contributed by atoms with Crippen LogP contribution in [0.15, 0.2) is 18.2 Å². The Balaban J connectivity index is 2.21. The second-order valence-corrected chi connectivity index (χ2v) is 6.67. The molecule has 1 fully saturated rings. The zero-order valence-electron chi connectivity index (χ0n) is 15.0. The Morgan fingerprint density at radius 1 is 1.29 bits per heavy atom. The molecular formula is C18H17ClFN5O3. The molecule has 28 heavy (non-hydrogen) atoms. The van der Waals surface area contributed by atoms with Crippen molar-refractivity contribution < 1.29 is 18.8 Å². The molecular weight excluding hydrogens is 389 g/mol. The first kappa shape index (κ1) is 21.1. The monoisotopic (exact) mass is 405 g/mol. The van der Waals surface area contributed by atoms with Crippen LogP contribution < -0.4 is 5.32 Å². The van der Waals surface area contributed by atoms with E-state index in [1.54, 1.807) is 0 Å². The van der Waals surface area contributed by atoms with Crippen LogP contribution in [0.4, 0.5) is 9.18 Å². The van der Waals surface area contributed by atoms with E-state index in [9.17, 15) is 18.8 Å². The van der Waals surface area contributed by atoms with Gasteiger partial charge in [-0.15, -0.1) is 0 Å². The van der Waals surface area contributed by atoms with Gasteiger partial charge in [-0.25, -0.2) is 9.18 Å². The van der Waals surface area contributed by atoms with Gasteiger partial charge in [-0.05, 0) is 19.1 Å². The SMILES string of the molecule is CC1(c2ccc(F)cc2Cl)NC(=O)N(CC(=O)N(CCC#N)CCC#N)C1=O. The van der Waals surface area contributed by atoms with Crippen LogP contribution in [0.5, 0.6) is 0 Å². The van der Waals surface area contributed by atoms with Gasteiger partial charge < -0.3 is 10.2 Å². The van der Waals surface area contributed by atoms with Gasteiger partial charge in [0, 0.05) is 23.7 Å². The quantitative estimate of drug-likeness (QED) is 0.695. The third-order valence-corrected chi connectivity index (χ3v) is 4.69. The Labute approximate surface area is 166 Å². The molecule has 1 saturated heterocycles. The van der Waals surface area contributed by atoms with Crippen molar-refractivity contribution in [1.29, 1.82) is 10.5 Å². The van der Waals surface area contributed by atoms with Crippen LogP contribution in [0, 0.1) is 28.5 Å². The number of nitrogens with zero attached hydrogens (tertiary/aromatic N) is 4. The van der Waals surface area contributed by atoms with E-state index in [1.807, 2.05) is 12.1 Å². The minimum Gasteiger partial charge on any atom is -0.339 e. The number of rotatable bonds is 7. The van der Waals surface area contributed by atoms with Crippen LogP contribution in [0.3, 0.4) is 0 Å². The second-order valence-electron chi connectivity index (χ2n) is 6.27. The van der Waals surface area contributed by atoms with Crippen molar-refractivity contribution in [2.45, 2.75) is 25.3 Å². The number of nitrogens with one attached hydrogen (secondary N) is 1. The van der Waals surface area contributed by atoms with Crippen molar-refractivity contribution in [3.63, 3.8) is 0 Å². The van der Waals surface area contributed by atoms with E-state index in [0.29, 0.717) is 0 Å². The first-order valence-corrected chi connectivity index (χ1v) is 8.73. The molecule has 1 aliphatic rings. The van der Waals surface area contributed by atoms with E-state index in [1.165, 1.54) is 17.9 Å². The van der Waals surface area contributed by atoms with Gasteiger partial charge in [-0.2, -0.15) is 10.5 Å². The van der Waals surface area contributed by atoms with E-state index in [-0.39, 0.29) is 36.5 Å². The number of imide groups is 1. The number of amides is 4. The second kappa shape index (κ2) is 8.68. The number of carbonyl (C=O) groups is 3. The highest BCUT2D eigenvalue weighted by atomic mass is 35.5. The molecule has 4 amide bonds. The van der Waals surface area contributed by atoms with E-state index in [2.05, 4.69) is 5.32 Å². The summed E-state index contributed by atoms with van der Waals surface area (Å²) < 4.78 is 13.3. The summed E-state index contributed by atoms with van der Waals surface area (Å²) in [5.74, 6) is -1.87. The topological polar surface area (TPSA) is 117 Å². The molecule has 8 nitrogen and oxygen atoms in total. The van der Waals surface area contributed by atoms with Crippen molar-refractivity contribution >= 4 is 29.4 Å². The number of nitriles is 2. The lowest BCUT2D eigenvalue weighted by Gasteiger charge is -2.25. The van der Waals surface area contributed by atoms with Gasteiger partial charge in [0.25, 0.3) is 5.91 Å². The van der Waals surface area contributed by atoms with Gasteiger partial charge in [-0.1, -0.05) is 17.7 Å². The third-order valence-electron chi connectivity index (χ3n) is 4.38. The molecule has 0 aliphatic carbocycles. The summed E-state index contributed by atoms with van der Waals surface area (Å²) in [5, 5.41) is 19.9. The summed E-state index contributed by atoms with van der Waals surface area (Å²) in [6.45, 7) is 1.04. The first-order chi connectivity index (χ1) is 13.2. The van der Waals surface area contributed by atoms with Gasteiger partial charge in [0.15, 0.2) is 0 Å². The lowest BCUT2D eigenvalue weighted by atomic mass is 9.92. The van der Waals surface area contributed by atoms with Crippen molar-refractivity contribution in [3.8, 4) is 12.1 Å². The zero-order chi connectivity index (χ0) is 20.9. The highest BCUT2D eigenvalue weighted by Gasteiger charge is 2.50. The average Bonchev–Trinajstić information content (AvgIpc) is 2.85. The minimum absolute atomic E-state index is 0.0333. The van der Waals surface area contributed by atoms with Crippen molar-refractivity contribution in [2.24, 2.45) is 0 Å². The number of benzene rings is 1. The maximum absolute atomic E-state index is 13.3. The minimum atomic E-state index is -1.55. The molecule has 1 N–H and O–H groups in total. The van der Waals surface area contributed by atoms with Gasteiger partial charge in [0.2, 0.25) is 5.91 Å². The fraction of sp³-hybridized carbons (Fsp3) is 0.389. The molecule has 0 bridgehead atoms. The zero-order valence-corrected chi connectivity index (χ0v) is 15.8. The Kier molecular flexibility index (Phi) is 6.55. The van der Waals surface area contributed by atoms with Crippen LogP contribution in [-0.2, 0) is 15.1 Å². The number of hydrogen-bond acceptors (Lipinski definition) is 5. The summed E-state index contributed by atoms with van der Waals surface area (Å²) in [6.07, 6.45) is 0.112. The molecule has 0 spiro atoms. The molecule has 1 atom stereocenters. The maximum Gasteiger partial charge on any atom is 0.325 e. The molecule has 1 aromatic carbocycles. The van der Waals surface area contributed by atoms with Crippen molar-refractivity contribution in [1.82, 2.24) is 15.1 Å². The standard InChI is InChI=1S/C18H17ClFN5O3/c1-18(13-5-4-12(20)10-14(13)19)16(27)25(17(28)23-18)11-15(26)24(8-2-6-21)9-3-7-22/h4-5,10H,2-3,8-9,11H2,1H3,(H,23,28). The molecule has 1 heterocycles. The maximum atomic E-state index is 13.3. The number of hydrogen-bond donors (Lipinski definition) is 1. The molecule has 10 heteroatoms. The van der Waals surface area contributed by atoms with Crippen LogP contribution in [0.2, 0.25) is 5.02 Å². The first-order valence-electron chi connectivity index (χ1n) is 8.36. The largest absolute Gasteiger partial charge is 0.339 e. The van der Waals surface area contributed by atoms with Gasteiger partial charge in [-0.3, -0.25) is 14.5 Å². The molecule has 2 rings (SSSR count). The third kappa shape index (κ3) is 4.21. The molecule has 0 radical (unpaired) electrons. The van der Waals surface area contributed by atoms with Crippen LogP contribution in [0.25, 0.3) is 0 Å². The summed E-state index contributed by atoms with van der Waals surface area (Å²) in [5.41, 5.74) is -1.35. The van der Waals surface area contributed by atoms with E-state index < -0.39 is 35.7 Å². The predicted octanol–water partition coefficient (Wildman–Crippen LogP) is 1.90. The smallest absolute Gasteiger partial charge is 0.325 e. The lowest BCUT2D eigenvalue weighted by molar-refractivity contribution is -0.138. The molecule has 146 valence electrons. The van der Waals surface area contributed by atoms with E-state index in [4.69, 9.17) is 22.1 Å². The van der Waals surface area contributed by atoms with Crippen LogP contribution >= 0.6 is 11.6 Å². The van der Waals surface area contributed by atoms with E-state index in [0.717, 1.165) is 17.0 Å². The van der Waals surface area contributed by atoms with Gasteiger partial charge in [0.1, 0.15) is 17.9 Å². The lowest BCUT2D eigenvalue weighted by Crippen LogP contribution is -2.45. The summed E-state index contributed by atoms with van der Waals surface area (Å²) in [6, 6.07) is 6.46. The van der Waals surface area contributed by atoms with Crippen molar-refractivity contribution in [2.75, 3.05) is 19.6 Å². The fourth-order valence-corrected chi connectivity index (χ4v) is 3.24. The van der Waals surface area contributed by atoms with Crippen LogP contribution in [0.1, 0.15) is 25.3 Å².